The Kier molecular flexibility index (Phi) is 4.51. The predicted molar refractivity (Wildman–Crippen MR) is 107 cm³/mol. The maximum Gasteiger partial charge on any atom is 0.213 e. The van der Waals surface area contributed by atoms with Crippen LogP contribution in [0.3, 0.4) is 0 Å². The fourth-order valence-electron chi connectivity index (χ4n) is 4.01. The van der Waals surface area contributed by atoms with Crippen LogP contribution in [0, 0.1) is 41.5 Å². The minimum atomic E-state index is 1.28. The van der Waals surface area contributed by atoms with E-state index in [2.05, 4.69) is 95.8 Å². The summed E-state index contributed by atoms with van der Waals surface area (Å²) in [6.45, 7) is 13.3. The first-order valence-corrected chi connectivity index (χ1v) is 8.94. The van der Waals surface area contributed by atoms with Gasteiger partial charge in [0.15, 0.2) is 6.20 Å². The molecule has 0 N–H and O–H groups in total. The molecular formula is C24H28N+. The zero-order chi connectivity index (χ0) is 18.3. The third kappa shape index (κ3) is 3.11. The van der Waals surface area contributed by atoms with Crippen LogP contribution in [-0.4, -0.2) is 0 Å². The van der Waals surface area contributed by atoms with E-state index >= 15 is 0 Å². The second kappa shape index (κ2) is 6.48. The molecule has 1 aromatic heterocycles. The Morgan fingerprint density at radius 2 is 1.28 bits per heavy atom. The molecule has 0 fully saturated rings. The number of hydrogen-bond donors (Lipinski definition) is 0. The Morgan fingerprint density at radius 1 is 0.640 bits per heavy atom. The standard InChI is InChI=1S/C24H28N/c1-15-8-9-21(17(3)12-15)23-18(4)14-19(5)24(20(23)6)22-13-16(2)10-11-25(22)7/h8-14H,1-7H3/q+1. The number of aryl methyl sites for hydroxylation is 6. The van der Waals surface area contributed by atoms with Gasteiger partial charge in [0.05, 0.1) is 5.56 Å². The highest BCUT2D eigenvalue weighted by atomic mass is 14.9. The Balaban J connectivity index is 2.34. The first-order valence-electron chi connectivity index (χ1n) is 8.94. The summed E-state index contributed by atoms with van der Waals surface area (Å²) < 4.78 is 2.23. The monoisotopic (exact) mass is 330 g/mol. The van der Waals surface area contributed by atoms with E-state index < -0.39 is 0 Å². The smallest absolute Gasteiger partial charge is 0.201 e. The van der Waals surface area contributed by atoms with Gasteiger partial charge in [0.25, 0.3) is 0 Å². The summed E-state index contributed by atoms with van der Waals surface area (Å²) in [5.41, 5.74) is 13.4. The van der Waals surface area contributed by atoms with Crippen LogP contribution in [0.1, 0.15) is 33.4 Å². The minimum absolute atomic E-state index is 1.28. The lowest BCUT2D eigenvalue weighted by Crippen LogP contribution is -2.31. The summed E-state index contributed by atoms with van der Waals surface area (Å²) in [5, 5.41) is 0. The lowest BCUT2D eigenvalue weighted by Gasteiger charge is -2.18. The molecule has 3 rings (SSSR count). The van der Waals surface area contributed by atoms with Crippen molar-refractivity contribution < 1.29 is 4.57 Å². The molecule has 0 spiro atoms. The topological polar surface area (TPSA) is 3.88 Å². The molecule has 0 saturated heterocycles. The molecule has 25 heavy (non-hydrogen) atoms. The van der Waals surface area contributed by atoms with Gasteiger partial charge in [-0.25, -0.2) is 4.57 Å². The molecule has 0 aliphatic carbocycles. The molecule has 0 unspecified atom stereocenters. The molecule has 1 heteroatoms. The molecule has 0 saturated carbocycles. The van der Waals surface area contributed by atoms with E-state index in [1.807, 2.05) is 0 Å². The van der Waals surface area contributed by atoms with Gasteiger partial charge in [0, 0.05) is 12.1 Å². The van der Waals surface area contributed by atoms with Crippen molar-refractivity contribution in [2.24, 2.45) is 7.05 Å². The number of pyridine rings is 1. The van der Waals surface area contributed by atoms with Gasteiger partial charge >= 0.3 is 0 Å². The van der Waals surface area contributed by atoms with Gasteiger partial charge in [-0.05, 0) is 80.5 Å². The fourth-order valence-corrected chi connectivity index (χ4v) is 4.01. The average Bonchev–Trinajstić information content (AvgIpc) is 2.52. The number of aromatic nitrogens is 1. The summed E-state index contributed by atoms with van der Waals surface area (Å²) in [6, 6.07) is 13.5. The van der Waals surface area contributed by atoms with Crippen LogP contribution in [-0.2, 0) is 7.05 Å². The van der Waals surface area contributed by atoms with Crippen LogP contribution >= 0.6 is 0 Å². The Labute approximate surface area is 152 Å². The summed E-state index contributed by atoms with van der Waals surface area (Å²) in [4.78, 5) is 0. The number of rotatable bonds is 2. The first kappa shape index (κ1) is 17.4. The van der Waals surface area contributed by atoms with E-state index in [0.717, 1.165) is 0 Å². The highest BCUT2D eigenvalue weighted by Crippen LogP contribution is 2.37. The van der Waals surface area contributed by atoms with Gasteiger partial charge < -0.3 is 0 Å². The van der Waals surface area contributed by atoms with Gasteiger partial charge in [-0.2, -0.15) is 0 Å². The zero-order valence-electron chi connectivity index (χ0n) is 16.5. The molecule has 0 aliphatic rings. The molecule has 2 aromatic carbocycles. The molecule has 0 amide bonds. The van der Waals surface area contributed by atoms with Crippen molar-refractivity contribution in [1.82, 2.24) is 0 Å². The van der Waals surface area contributed by atoms with Crippen LogP contribution in [0.25, 0.3) is 22.4 Å². The second-order valence-corrected chi connectivity index (χ2v) is 7.40. The molecule has 0 radical (unpaired) electrons. The predicted octanol–water partition coefficient (Wildman–Crippen LogP) is 5.70. The van der Waals surface area contributed by atoms with Crippen LogP contribution < -0.4 is 4.57 Å². The zero-order valence-corrected chi connectivity index (χ0v) is 16.5. The molecule has 3 aromatic rings. The Morgan fingerprint density at radius 3 is 1.96 bits per heavy atom. The molecule has 1 nitrogen and oxygen atoms in total. The van der Waals surface area contributed by atoms with Crippen molar-refractivity contribution in [1.29, 1.82) is 0 Å². The summed E-state index contributed by atoms with van der Waals surface area (Å²) in [7, 11) is 2.13. The first-order chi connectivity index (χ1) is 11.8. The largest absolute Gasteiger partial charge is 0.213 e. The molecule has 1 heterocycles. The van der Waals surface area contributed by atoms with Crippen LogP contribution in [0.15, 0.2) is 42.6 Å². The van der Waals surface area contributed by atoms with Crippen molar-refractivity contribution in [3.63, 3.8) is 0 Å². The fraction of sp³-hybridized carbons (Fsp3) is 0.292. The number of benzene rings is 2. The maximum absolute atomic E-state index is 2.33. The summed E-state index contributed by atoms with van der Waals surface area (Å²) in [5.74, 6) is 0. The van der Waals surface area contributed by atoms with E-state index in [1.165, 1.54) is 55.8 Å². The van der Waals surface area contributed by atoms with E-state index in [0.29, 0.717) is 0 Å². The van der Waals surface area contributed by atoms with E-state index in [1.54, 1.807) is 0 Å². The average molecular weight is 330 g/mol. The highest BCUT2D eigenvalue weighted by Gasteiger charge is 2.20. The normalized spacial score (nSPS) is 11.0. The van der Waals surface area contributed by atoms with E-state index in [4.69, 9.17) is 0 Å². The van der Waals surface area contributed by atoms with Gasteiger partial charge in [0.2, 0.25) is 5.69 Å². The van der Waals surface area contributed by atoms with Crippen molar-refractivity contribution in [2.45, 2.75) is 41.5 Å². The highest BCUT2D eigenvalue weighted by molar-refractivity contribution is 5.82. The molecule has 128 valence electrons. The lowest BCUT2D eigenvalue weighted by molar-refractivity contribution is -0.660. The molecular weight excluding hydrogens is 302 g/mol. The number of hydrogen-bond acceptors (Lipinski definition) is 0. The third-order valence-electron chi connectivity index (χ3n) is 5.18. The van der Waals surface area contributed by atoms with Gasteiger partial charge in [-0.3, -0.25) is 0 Å². The Hall–Kier alpha value is -2.41. The Bertz CT molecular complexity index is 964. The third-order valence-corrected chi connectivity index (χ3v) is 5.18. The molecule has 0 aliphatic heterocycles. The van der Waals surface area contributed by atoms with E-state index in [9.17, 15) is 0 Å². The summed E-state index contributed by atoms with van der Waals surface area (Å²) in [6.07, 6.45) is 2.15. The van der Waals surface area contributed by atoms with Crippen LogP contribution in [0.2, 0.25) is 0 Å². The SMILES string of the molecule is Cc1ccc(-c2c(C)cc(C)c(-c3cc(C)cc[n+]3C)c2C)c(C)c1. The van der Waals surface area contributed by atoms with Crippen molar-refractivity contribution >= 4 is 0 Å². The minimum Gasteiger partial charge on any atom is -0.201 e. The van der Waals surface area contributed by atoms with Crippen molar-refractivity contribution in [3.05, 3.63) is 76.0 Å². The second-order valence-electron chi connectivity index (χ2n) is 7.40. The van der Waals surface area contributed by atoms with Crippen molar-refractivity contribution in [2.75, 3.05) is 0 Å². The van der Waals surface area contributed by atoms with Crippen molar-refractivity contribution in [3.8, 4) is 22.4 Å². The summed E-state index contributed by atoms with van der Waals surface area (Å²) >= 11 is 0. The number of nitrogens with zero attached hydrogens (tertiary/aromatic N) is 1. The van der Waals surface area contributed by atoms with Crippen LogP contribution in [0.4, 0.5) is 0 Å². The lowest BCUT2D eigenvalue weighted by atomic mass is 9.86. The quantitative estimate of drug-likeness (QED) is 0.531. The van der Waals surface area contributed by atoms with Gasteiger partial charge in [-0.1, -0.05) is 29.8 Å². The molecule has 0 bridgehead atoms. The van der Waals surface area contributed by atoms with Gasteiger partial charge in [0.1, 0.15) is 7.05 Å². The maximum atomic E-state index is 2.33. The van der Waals surface area contributed by atoms with Crippen LogP contribution in [0.5, 0.6) is 0 Å². The molecule has 0 atom stereocenters. The van der Waals surface area contributed by atoms with Gasteiger partial charge in [-0.15, -0.1) is 0 Å². The van der Waals surface area contributed by atoms with E-state index in [-0.39, 0.29) is 0 Å².